The number of carbonyl (C=O) groups excluding carboxylic acids is 1. The summed E-state index contributed by atoms with van der Waals surface area (Å²) in [4.78, 5) is 14.4. The molecule has 0 radical (unpaired) electrons. The van der Waals surface area contributed by atoms with Crippen LogP contribution in [0.3, 0.4) is 0 Å². The second-order valence-corrected chi connectivity index (χ2v) is 7.40. The summed E-state index contributed by atoms with van der Waals surface area (Å²) in [6, 6.07) is 11.5. The van der Waals surface area contributed by atoms with Crippen LogP contribution in [0.4, 0.5) is 0 Å². The molecule has 0 spiro atoms. The van der Waals surface area contributed by atoms with Crippen LogP contribution in [-0.4, -0.2) is 51.8 Å². The van der Waals surface area contributed by atoms with Crippen molar-refractivity contribution in [3.8, 4) is 5.75 Å². The third kappa shape index (κ3) is 5.21. The van der Waals surface area contributed by atoms with E-state index < -0.39 is 0 Å². The normalized spacial score (nSPS) is 13.9. The van der Waals surface area contributed by atoms with E-state index in [1.54, 1.807) is 18.2 Å². The van der Waals surface area contributed by atoms with Gasteiger partial charge in [-0.2, -0.15) is 0 Å². The lowest BCUT2D eigenvalue weighted by atomic mass is 10.2. The number of rotatable bonds is 9. The summed E-state index contributed by atoms with van der Waals surface area (Å²) in [7, 11) is 0. The number of aromatic nitrogens is 3. The monoisotopic (exact) mass is 421 g/mol. The van der Waals surface area contributed by atoms with Gasteiger partial charge in [-0.25, -0.2) is 0 Å². The van der Waals surface area contributed by atoms with Crippen LogP contribution in [0.1, 0.15) is 27.8 Å². The lowest BCUT2D eigenvalue weighted by Crippen LogP contribution is -2.28. The minimum absolute atomic E-state index is 0.218. The van der Waals surface area contributed by atoms with E-state index in [0.717, 1.165) is 50.0 Å². The average Bonchev–Trinajstić information content (AvgIpc) is 3.41. The van der Waals surface area contributed by atoms with Gasteiger partial charge in [0.15, 0.2) is 5.76 Å². The van der Waals surface area contributed by atoms with Gasteiger partial charge in [-0.05, 0) is 18.2 Å². The first-order chi connectivity index (χ1) is 15.2. The number of para-hydroxylation sites is 1. The van der Waals surface area contributed by atoms with Crippen LogP contribution < -0.4 is 10.1 Å². The molecule has 0 fully saturated rings. The Hall–Kier alpha value is -3.39. The number of furan rings is 1. The maximum absolute atomic E-state index is 12.0. The molecule has 1 amide bonds. The summed E-state index contributed by atoms with van der Waals surface area (Å²) in [5.41, 5.74) is 1.17. The van der Waals surface area contributed by atoms with Crippen molar-refractivity contribution in [3.63, 3.8) is 0 Å². The fraction of sp³-hybridized carbons (Fsp3) is 0.348. The van der Waals surface area contributed by atoms with Crippen molar-refractivity contribution in [2.75, 3.05) is 26.2 Å². The van der Waals surface area contributed by atoms with Crippen LogP contribution in [-0.2, 0) is 25.9 Å². The highest BCUT2D eigenvalue weighted by molar-refractivity contribution is 5.91. The van der Waals surface area contributed by atoms with Crippen LogP contribution in [0, 0.1) is 0 Å². The van der Waals surface area contributed by atoms with Crippen molar-refractivity contribution >= 4 is 5.91 Å². The summed E-state index contributed by atoms with van der Waals surface area (Å²) < 4.78 is 13.1. The second-order valence-electron chi connectivity index (χ2n) is 7.40. The van der Waals surface area contributed by atoms with Crippen LogP contribution in [0.2, 0.25) is 0 Å². The van der Waals surface area contributed by atoms with Crippen LogP contribution in [0.15, 0.2) is 59.7 Å². The van der Waals surface area contributed by atoms with E-state index in [9.17, 15) is 4.79 Å². The topological polar surface area (TPSA) is 85.4 Å². The van der Waals surface area contributed by atoms with Crippen LogP contribution in [0.5, 0.6) is 5.75 Å². The molecule has 162 valence electrons. The van der Waals surface area contributed by atoms with Crippen molar-refractivity contribution in [1.29, 1.82) is 0 Å². The molecule has 0 saturated heterocycles. The van der Waals surface area contributed by atoms with Crippen molar-refractivity contribution in [3.05, 3.63) is 78.3 Å². The Morgan fingerprint density at radius 2 is 2.10 bits per heavy atom. The number of benzene rings is 1. The fourth-order valence-corrected chi connectivity index (χ4v) is 3.72. The summed E-state index contributed by atoms with van der Waals surface area (Å²) in [6.45, 7) is 8.14. The quantitative estimate of drug-likeness (QED) is 0.534. The molecule has 0 saturated carbocycles. The molecule has 8 nitrogen and oxygen atoms in total. The van der Waals surface area contributed by atoms with Crippen LogP contribution in [0.25, 0.3) is 0 Å². The fourth-order valence-electron chi connectivity index (χ4n) is 3.72. The number of carbonyl (C=O) groups is 1. The molecular weight excluding hydrogens is 394 g/mol. The molecule has 3 aromatic rings. The maximum atomic E-state index is 12.0. The molecule has 3 heterocycles. The second kappa shape index (κ2) is 10.1. The highest BCUT2D eigenvalue weighted by Crippen LogP contribution is 2.21. The zero-order chi connectivity index (χ0) is 21.5. The summed E-state index contributed by atoms with van der Waals surface area (Å²) in [5.74, 6) is 2.88. The standard InChI is InChI=1S/C23H27N5O3/c1-2-15-30-19-7-4-3-6-18(19)17-27-12-10-22-26-25-21(28(22)14-13-27)9-11-24-23(29)20-8-5-16-31-20/h2-8,16H,1,9-15,17H2,(H,24,29). The van der Waals surface area contributed by atoms with Crippen molar-refractivity contribution < 1.29 is 13.9 Å². The van der Waals surface area contributed by atoms with Crippen molar-refractivity contribution in [1.82, 2.24) is 25.0 Å². The van der Waals surface area contributed by atoms with Gasteiger partial charge in [-0.15, -0.1) is 10.2 Å². The summed E-state index contributed by atoms with van der Waals surface area (Å²) in [5, 5.41) is 11.6. The van der Waals surface area contributed by atoms with Crippen molar-refractivity contribution in [2.24, 2.45) is 0 Å². The number of nitrogens with zero attached hydrogens (tertiary/aromatic N) is 4. The first-order valence-electron chi connectivity index (χ1n) is 10.5. The minimum atomic E-state index is -0.218. The molecule has 4 rings (SSSR count). The van der Waals surface area contributed by atoms with E-state index in [4.69, 9.17) is 9.15 Å². The number of amides is 1. The molecular formula is C23H27N5O3. The minimum Gasteiger partial charge on any atom is -0.489 e. The Kier molecular flexibility index (Phi) is 6.78. The van der Waals surface area contributed by atoms with E-state index in [0.29, 0.717) is 25.3 Å². The molecule has 31 heavy (non-hydrogen) atoms. The molecule has 0 unspecified atom stereocenters. The lowest BCUT2D eigenvalue weighted by Gasteiger charge is -2.21. The van der Waals surface area contributed by atoms with E-state index in [-0.39, 0.29) is 5.91 Å². The molecule has 1 N–H and O–H groups in total. The Labute approximate surface area is 181 Å². The molecule has 0 aliphatic carbocycles. The summed E-state index contributed by atoms with van der Waals surface area (Å²) >= 11 is 0. The highest BCUT2D eigenvalue weighted by atomic mass is 16.5. The molecule has 1 aromatic carbocycles. The van der Waals surface area contributed by atoms with Crippen LogP contribution >= 0.6 is 0 Å². The first kappa shape index (κ1) is 20.9. The van der Waals surface area contributed by atoms with Gasteiger partial charge in [0.05, 0.1) is 6.26 Å². The van der Waals surface area contributed by atoms with Gasteiger partial charge in [0.1, 0.15) is 24.0 Å². The highest BCUT2D eigenvalue weighted by Gasteiger charge is 2.20. The van der Waals surface area contributed by atoms with Crippen molar-refractivity contribution in [2.45, 2.75) is 25.9 Å². The Morgan fingerprint density at radius 3 is 2.94 bits per heavy atom. The lowest BCUT2D eigenvalue weighted by molar-refractivity contribution is 0.0926. The number of nitrogens with one attached hydrogen (secondary N) is 1. The van der Waals surface area contributed by atoms with Gasteiger partial charge in [0.25, 0.3) is 5.91 Å². The predicted molar refractivity (Wildman–Crippen MR) is 116 cm³/mol. The van der Waals surface area contributed by atoms with Gasteiger partial charge in [-0.1, -0.05) is 30.9 Å². The van der Waals surface area contributed by atoms with Gasteiger partial charge in [0, 0.05) is 51.1 Å². The smallest absolute Gasteiger partial charge is 0.286 e. The number of fused-ring (bicyclic) bond motifs is 1. The number of ether oxygens (including phenoxy) is 1. The number of hydrogen-bond donors (Lipinski definition) is 1. The first-order valence-corrected chi connectivity index (χ1v) is 10.5. The Balaban J connectivity index is 1.33. The molecule has 0 atom stereocenters. The van der Waals surface area contributed by atoms with E-state index >= 15 is 0 Å². The molecule has 1 aliphatic rings. The van der Waals surface area contributed by atoms with E-state index in [1.807, 2.05) is 18.2 Å². The third-order valence-electron chi connectivity index (χ3n) is 5.30. The van der Waals surface area contributed by atoms with Gasteiger partial charge in [0.2, 0.25) is 0 Å². The van der Waals surface area contributed by atoms with E-state index in [2.05, 4.69) is 37.6 Å². The Morgan fingerprint density at radius 1 is 1.19 bits per heavy atom. The molecule has 0 bridgehead atoms. The predicted octanol–water partition coefficient (Wildman–Crippen LogP) is 2.47. The third-order valence-corrected chi connectivity index (χ3v) is 5.30. The van der Waals surface area contributed by atoms with Gasteiger partial charge >= 0.3 is 0 Å². The number of hydrogen-bond acceptors (Lipinski definition) is 6. The zero-order valence-electron chi connectivity index (χ0n) is 17.5. The molecule has 2 aromatic heterocycles. The SMILES string of the molecule is C=CCOc1ccccc1CN1CCc2nnc(CCNC(=O)c3ccco3)n2CC1. The largest absolute Gasteiger partial charge is 0.489 e. The average molecular weight is 422 g/mol. The molecule has 8 heteroatoms. The van der Waals surface area contributed by atoms with Gasteiger partial charge < -0.3 is 19.0 Å². The molecule has 1 aliphatic heterocycles. The van der Waals surface area contributed by atoms with E-state index in [1.165, 1.54) is 11.8 Å². The zero-order valence-corrected chi connectivity index (χ0v) is 17.5. The maximum Gasteiger partial charge on any atom is 0.286 e. The Bertz CT molecular complexity index is 1010. The summed E-state index contributed by atoms with van der Waals surface area (Å²) in [6.07, 6.45) is 4.70. The van der Waals surface area contributed by atoms with Gasteiger partial charge in [-0.3, -0.25) is 9.69 Å².